The van der Waals surface area contributed by atoms with E-state index in [-0.39, 0.29) is 11.7 Å². The van der Waals surface area contributed by atoms with Crippen LogP contribution in [0.4, 0.5) is 5.95 Å². The number of rotatable bonds is 5. The predicted octanol–water partition coefficient (Wildman–Crippen LogP) is 3.73. The first-order valence-electron chi connectivity index (χ1n) is 9.06. The first-order chi connectivity index (χ1) is 13.2. The topological polar surface area (TPSA) is 56.5 Å². The molecule has 3 aromatic rings. The quantitative estimate of drug-likeness (QED) is 0.652. The Morgan fingerprint density at radius 3 is 2.78 bits per heavy atom. The molecule has 0 saturated carbocycles. The molecule has 5 heteroatoms. The van der Waals surface area contributed by atoms with Gasteiger partial charge in [0.05, 0.1) is 19.9 Å². The average Bonchev–Trinajstić information content (AvgIpc) is 3.12. The highest BCUT2D eigenvalue weighted by Gasteiger charge is 2.20. The third-order valence-corrected chi connectivity index (χ3v) is 4.91. The standard InChI is InChI=1S/C22H21N3O2/c1-27-20-15-25(14-16-7-3-2-4-8-16)22(24-21(20)26)23-13-18-12-11-17-9-5-6-10-19(17)18/h2-10,13,15,18H,11-12,14H2,1H3/b23-13+. The maximum Gasteiger partial charge on any atom is 0.316 e. The van der Waals surface area contributed by atoms with Crippen LogP contribution in [-0.4, -0.2) is 22.9 Å². The summed E-state index contributed by atoms with van der Waals surface area (Å²) >= 11 is 0. The monoisotopic (exact) mass is 359 g/mol. The molecule has 1 unspecified atom stereocenters. The first-order valence-corrected chi connectivity index (χ1v) is 9.06. The summed E-state index contributed by atoms with van der Waals surface area (Å²) in [6, 6.07) is 18.5. The zero-order valence-electron chi connectivity index (χ0n) is 15.2. The minimum absolute atomic E-state index is 0.219. The van der Waals surface area contributed by atoms with E-state index < -0.39 is 5.56 Å². The van der Waals surface area contributed by atoms with Gasteiger partial charge >= 0.3 is 5.56 Å². The summed E-state index contributed by atoms with van der Waals surface area (Å²) in [4.78, 5) is 20.9. The molecule has 1 atom stereocenters. The number of nitrogens with zero attached hydrogens (tertiary/aromatic N) is 3. The van der Waals surface area contributed by atoms with Crippen molar-refractivity contribution in [3.8, 4) is 5.75 Å². The van der Waals surface area contributed by atoms with Gasteiger partial charge in [-0.05, 0) is 29.5 Å². The Hall–Kier alpha value is -3.21. The lowest BCUT2D eigenvalue weighted by Gasteiger charge is -2.12. The molecule has 0 bridgehead atoms. The van der Waals surface area contributed by atoms with E-state index in [9.17, 15) is 4.79 Å². The van der Waals surface area contributed by atoms with Gasteiger partial charge in [0.2, 0.25) is 11.7 Å². The number of aliphatic imine (C=N–C) groups is 1. The van der Waals surface area contributed by atoms with E-state index in [1.54, 1.807) is 6.20 Å². The average molecular weight is 359 g/mol. The van der Waals surface area contributed by atoms with Crippen molar-refractivity contribution in [1.82, 2.24) is 9.55 Å². The van der Waals surface area contributed by atoms with Gasteiger partial charge in [-0.3, -0.25) is 4.79 Å². The van der Waals surface area contributed by atoms with Crippen LogP contribution in [0.15, 0.2) is 70.6 Å². The summed E-state index contributed by atoms with van der Waals surface area (Å²) in [6.45, 7) is 0.568. The fraction of sp³-hybridized carbons (Fsp3) is 0.227. The summed E-state index contributed by atoms with van der Waals surface area (Å²) < 4.78 is 7.01. The Bertz CT molecular complexity index is 1030. The molecule has 5 nitrogen and oxygen atoms in total. The molecule has 0 spiro atoms. The molecule has 0 fully saturated rings. The van der Waals surface area contributed by atoms with Crippen molar-refractivity contribution >= 4 is 12.2 Å². The maximum atomic E-state index is 12.1. The SMILES string of the molecule is COc1cn(Cc2ccccc2)c(/N=C/C2CCc3ccccc32)nc1=O. The highest BCUT2D eigenvalue weighted by molar-refractivity contribution is 5.72. The second kappa shape index (κ2) is 7.58. The molecule has 0 amide bonds. The van der Waals surface area contributed by atoms with Crippen molar-refractivity contribution in [2.75, 3.05) is 7.11 Å². The van der Waals surface area contributed by atoms with Gasteiger partial charge in [-0.25, -0.2) is 4.99 Å². The van der Waals surface area contributed by atoms with Gasteiger partial charge in [0.1, 0.15) is 0 Å². The number of methoxy groups -OCH3 is 1. The lowest BCUT2D eigenvalue weighted by Crippen LogP contribution is -2.15. The summed E-state index contributed by atoms with van der Waals surface area (Å²) in [7, 11) is 1.48. The summed E-state index contributed by atoms with van der Waals surface area (Å²) in [5, 5.41) is 0. The smallest absolute Gasteiger partial charge is 0.316 e. The van der Waals surface area contributed by atoms with E-state index >= 15 is 0 Å². The molecule has 1 aliphatic rings. The highest BCUT2D eigenvalue weighted by atomic mass is 16.5. The molecule has 136 valence electrons. The number of hydrogen-bond donors (Lipinski definition) is 0. The van der Waals surface area contributed by atoms with Crippen LogP contribution in [0.5, 0.6) is 5.75 Å². The number of aryl methyl sites for hydroxylation is 1. The predicted molar refractivity (Wildman–Crippen MR) is 106 cm³/mol. The molecule has 0 radical (unpaired) electrons. The molecule has 0 N–H and O–H groups in total. The van der Waals surface area contributed by atoms with Crippen LogP contribution >= 0.6 is 0 Å². The second-order valence-corrected chi connectivity index (χ2v) is 6.65. The number of hydrogen-bond acceptors (Lipinski definition) is 4. The Kier molecular flexibility index (Phi) is 4.83. The van der Waals surface area contributed by atoms with E-state index in [0.717, 1.165) is 18.4 Å². The van der Waals surface area contributed by atoms with Crippen LogP contribution in [0.1, 0.15) is 29.0 Å². The van der Waals surface area contributed by atoms with Crippen molar-refractivity contribution in [1.29, 1.82) is 0 Å². The summed E-state index contributed by atoms with van der Waals surface area (Å²) in [6.07, 6.45) is 5.68. The van der Waals surface area contributed by atoms with Crippen LogP contribution in [0, 0.1) is 0 Å². The van der Waals surface area contributed by atoms with Crippen molar-refractivity contribution < 1.29 is 4.74 Å². The fourth-order valence-electron chi connectivity index (χ4n) is 3.51. The zero-order chi connectivity index (χ0) is 18.6. The van der Waals surface area contributed by atoms with Crippen LogP contribution < -0.4 is 10.3 Å². The second-order valence-electron chi connectivity index (χ2n) is 6.65. The molecule has 4 rings (SSSR count). The molecular weight excluding hydrogens is 338 g/mol. The van der Waals surface area contributed by atoms with Crippen molar-refractivity contribution in [3.05, 3.63) is 87.8 Å². The van der Waals surface area contributed by atoms with Gasteiger partial charge < -0.3 is 9.30 Å². The lowest BCUT2D eigenvalue weighted by molar-refractivity contribution is 0.402. The largest absolute Gasteiger partial charge is 0.490 e. The van der Waals surface area contributed by atoms with Crippen LogP contribution in [0.3, 0.4) is 0 Å². The van der Waals surface area contributed by atoms with E-state index in [0.29, 0.717) is 12.5 Å². The molecule has 1 aliphatic carbocycles. The molecular formula is C22H21N3O2. The van der Waals surface area contributed by atoms with E-state index in [1.807, 2.05) is 41.1 Å². The molecule has 1 aromatic heterocycles. The Balaban J connectivity index is 1.67. The number of ether oxygens (including phenoxy) is 1. The summed E-state index contributed by atoms with van der Waals surface area (Å²) in [5.41, 5.74) is 3.39. The van der Waals surface area contributed by atoms with E-state index in [1.165, 1.54) is 18.2 Å². The maximum absolute atomic E-state index is 12.1. The van der Waals surface area contributed by atoms with Crippen molar-refractivity contribution in [2.45, 2.75) is 25.3 Å². The first kappa shape index (κ1) is 17.2. The highest BCUT2D eigenvalue weighted by Crippen LogP contribution is 2.31. The van der Waals surface area contributed by atoms with Crippen LogP contribution in [0.25, 0.3) is 0 Å². The van der Waals surface area contributed by atoms with Crippen LogP contribution in [-0.2, 0) is 13.0 Å². The third-order valence-electron chi connectivity index (χ3n) is 4.91. The Labute approximate surface area is 158 Å². The van der Waals surface area contributed by atoms with Crippen molar-refractivity contribution in [3.63, 3.8) is 0 Å². The molecule has 2 aromatic carbocycles. The third kappa shape index (κ3) is 3.67. The number of benzene rings is 2. The zero-order valence-corrected chi connectivity index (χ0v) is 15.2. The van der Waals surface area contributed by atoms with Gasteiger partial charge in [-0.1, -0.05) is 54.6 Å². The Morgan fingerprint density at radius 1 is 1.19 bits per heavy atom. The van der Waals surface area contributed by atoms with Crippen LogP contribution in [0.2, 0.25) is 0 Å². The van der Waals surface area contributed by atoms with E-state index in [4.69, 9.17) is 4.74 Å². The normalized spacial score (nSPS) is 15.8. The minimum Gasteiger partial charge on any atom is -0.490 e. The molecule has 0 saturated heterocycles. The van der Waals surface area contributed by atoms with Gasteiger partial charge in [-0.2, -0.15) is 4.98 Å². The van der Waals surface area contributed by atoms with E-state index in [2.05, 4.69) is 34.2 Å². The Morgan fingerprint density at radius 2 is 1.96 bits per heavy atom. The van der Waals surface area contributed by atoms with Gasteiger partial charge in [0.25, 0.3) is 0 Å². The fourth-order valence-corrected chi connectivity index (χ4v) is 3.51. The van der Waals surface area contributed by atoms with Crippen molar-refractivity contribution in [2.24, 2.45) is 4.99 Å². The molecule has 1 heterocycles. The van der Waals surface area contributed by atoms with Gasteiger partial charge in [-0.15, -0.1) is 0 Å². The van der Waals surface area contributed by atoms with Gasteiger partial charge in [0, 0.05) is 12.1 Å². The molecule has 27 heavy (non-hydrogen) atoms. The number of aromatic nitrogens is 2. The summed E-state index contributed by atoms with van der Waals surface area (Å²) in [5.74, 6) is 0.871. The minimum atomic E-state index is -0.402. The van der Waals surface area contributed by atoms with Gasteiger partial charge in [0.15, 0.2) is 0 Å². The molecule has 0 aliphatic heterocycles. The lowest BCUT2D eigenvalue weighted by atomic mass is 10.0. The number of fused-ring (bicyclic) bond motifs is 1.